The summed E-state index contributed by atoms with van der Waals surface area (Å²) in [6, 6.07) is 28.1. The molecule has 30 heavy (non-hydrogen) atoms. The van der Waals surface area contributed by atoms with Crippen LogP contribution in [0, 0.1) is 0 Å². The van der Waals surface area contributed by atoms with Gasteiger partial charge in [-0.2, -0.15) is 0 Å². The number of hydrogen-bond donors (Lipinski definition) is 0. The van der Waals surface area contributed by atoms with Crippen molar-refractivity contribution in [3.05, 3.63) is 108 Å². The Morgan fingerprint density at radius 2 is 1.60 bits per heavy atom. The zero-order valence-corrected chi connectivity index (χ0v) is 16.3. The molecule has 0 saturated carbocycles. The maximum absolute atomic E-state index is 13.5. The highest BCUT2D eigenvalue weighted by Gasteiger charge is 2.67. The second-order valence-corrected chi connectivity index (χ2v) is 7.14. The maximum Gasteiger partial charge on any atom is 0.222 e. The molecule has 0 aliphatic carbocycles. The molecule has 5 rings (SSSR count). The van der Waals surface area contributed by atoms with Gasteiger partial charge in [-0.1, -0.05) is 65.8 Å². The number of rotatable bonds is 6. The molecule has 0 N–H and O–H groups in total. The largest absolute Gasteiger partial charge is 0.497 e. The summed E-state index contributed by atoms with van der Waals surface area (Å²) >= 11 is 0. The van der Waals surface area contributed by atoms with Crippen molar-refractivity contribution in [1.82, 2.24) is 5.16 Å². The first-order valence-corrected chi connectivity index (χ1v) is 9.66. The monoisotopic (exact) mass is 397 g/mol. The van der Waals surface area contributed by atoms with Crippen molar-refractivity contribution in [1.29, 1.82) is 0 Å². The highest BCUT2D eigenvalue weighted by molar-refractivity contribution is 6.05. The highest BCUT2D eigenvalue weighted by Crippen LogP contribution is 2.59. The average molecular weight is 397 g/mol. The van der Waals surface area contributed by atoms with Crippen LogP contribution >= 0.6 is 0 Å². The van der Waals surface area contributed by atoms with Crippen LogP contribution in [0.2, 0.25) is 0 Å². The number of hydrogen-bond acceptors (Lipinski definition) is 5. The molecule has 1 fully saturated rings. The van der Waals surface area contributed by atoms with Gasteiger partial charge in [-0.15, -0.1) is 0 Å². The van der Waals surface area contributed by atoms with E-state index in [-0.39, 0.29) is 5.78 Å². The summed E-state index contributed by atoms with van der Waals surface area (Å²) in [4.78, 5) is 13.5. The van der Waals surface area contributed by atoms with E-state index in [1.807, 2.05) is 72.8 Å². The van der Waals surface area contributed by atoms with Gasteiger partial charge in [0, 0.05) is 17.2 Å². The fourth-order valence-electron chi connectivity index (χ4n) is 3.71. The second-order valence-electron chi connectivity index (χ2n) is 7.14. The number of aromatic nitrogens is 1. The Kier molecular flexibility index (Phi) is 4.45. The van der Waals surface area contributed by atoms with Crippen LogP contribution in [0.5, 0.6) is 5.75 Å². The average Bonchev–Trinajstić information content (AvgIpc) is 3.39. The van der Waals surface area contributed by atoms with Crippen LogP contribution in [0.1, 0.15) is 27.8 Å². The molecule has 2 atom stereocenters. The van der Waals surface area contributed by atoms with Crippen molar-refractivity contribution >= 4 is 5.78 Å². The molecule has 0 bridgehead atoms. The van der Waals surface area contributed by atoms with Crippen LogP contribution in [0.25, 0.3) is 11.3 Å². The lowest BCUT2D eigenvalue weighted by molar-refractivity contribution is 0.0840. The van der Waals surface area contributed by atoms with E-state index in [9.17, 15) is 4.79 Å². The van der Waals surface area contributed by atoms with Crippen molar-refractivity contribution in [2.45, 2.75) is 11.7 Å². The molecule has 0 amide bonds. The van der Waals surface area contributed by atoms with Gasteiger partial charge in [0.05, 0.1) is 7.11 Å². The van der Waals surface area contributed by atoms with Crippen LogP contribution < -0.4 is 4.74 Å². The van der Waals surface area contributed by atoms with E-state index in [0.717, 1.165) is 16.9 Å². The van der Waals surface area contributed by atoms with Crippen LogP contribution in [0.3, 0.4) is 0 Å². The van der Waals surface area contributed by atoms with Crippen LogP contribution in [0.4, 0.5) is 0 Å². The van der Waals surface area contributed by atoms with Gasteiger partial charge < -0.3 is 14.0 Å². The maximum atomic E-state index is 13.5. The molecule has 1 aliphatic heterocycles. The number of nitrogens with zero attached hydrogens (tertiary/aromatic N) is 1. The fourth-order valence-corrected chi connectivity index (χ4v) is 3.71. The number of carbonyl (C=O) groups excluding carboxylic acids is 1. The van der Waals surface area contributed by atoms with Crippen molar-refractivity contribution in [3.8, 4) is 17.0 Å². The van der Waals surface area contributed by atoms with Crippen molar-refractivity contribution in [3.63, 3.8) is 0 Å². The number of methoxy groups -OCH3 is 1. The van der Waals surface area contributed by atoms with Gasteiger partial charge in [-0.25, -0.2) is 0 Å². The molecule has 5 heteroatoms. The number of ether oxygens (including phenoxy) is 2. The second kappa shape index (κ2) is 7.28. The van der Waals surface area contributed by atoms with E-state index in [1.54, 1.807) is 25.3 Å². The van der Waals surface area contributed by atoms with Crippen molar-refractivity contribution in [2.75, 3.05) is 7.11 Å². The lowest BCUT2D eigenvalue weighted by atomic mass is 9.88. The topological polar surface area (TPSA) is 64.9 Å². The highest BCUT2D eigenvalue weighted by atomic mass is 16.6. The Hall–Kier alpha value is -3.70. The Morgan fingerprint density at radius 1 is 0.933 bits per heavy atom. The van der Waals surface area contributed by atoms with Crippen LogP contribution in [-0.4, -0.2) is 18.0 Å². The minimum absolute atomic E-state index is 0.144. The molecule has 0 spiro atoms. The van der Waals surface area contributed by atoms with Gasteiger partial charge in [-0.05, 0) is 29.8 Å². The third-order valence-corrected chi connectivity index (χ3v) is 5.35. The number of ketones is 1. The summed E-state index contributed by atoms with van der Waals surface area (Å²) in [5, 5.41) is 4.20. The molecular formula is C25H19NO4. The van der Waals surface area contributed by atoms with Crippen molar-refractivity contribution < 1.29 is 18.8 Å². The summed E-state index contributed by atoms with van der Waals surface area (Å²) in [6.45, 7) is 0. The Balaban J connectivity index is 1.55. The first-order chi connectivity index (χ1) is 14.7. The predicted octanol–water partition coefficient (Wildman–Crippen LogP) is 5.20. The third kappa shape index (κ3) is 3.00. The molecule has 4 aromatic rings. The molecule has 5 nitrogen and oxygen atoms in total. The van der Waals surface area contributed by atoms with Gasteiger partial charge in [0.1, 0.15) is 17.5 Å². The summed E-state index contributed by atoms with van der Waals surface area (Å²) in [5.41, 5.74) is 1.77. The van der Waals surface area contributed by atoms with E-state index in [2.05, 4.69) is 5.16 Å². The first-order valence-electron chi connectivity index (χ1n) is 9.66. The summed E-state index contributed by atoms with van der Waals surface area (Å²) < 4.78 is 17.0. The van der Waals surface area contributed by atoms with Gasteiger partial charge in [0.15, 0.2) is 5.76 Å². The van der Waals surface area contributed by atoms with Crippen LogP contribution in [-0.2, 0) is 10.3 Å². The minimum Gasteiger partial charge on any atom is -0.497 e. The predicted molar refractivity (Wildman–Crippen MR) is 111 cm³/mol. The standard InChI is InChI=1S/C25H19NO4/c1-28-20-14-12-17(13-15-20)21-16-22(30-26-21)25(23(27)18-8-4-2-5-9-18)24(29-25)19-10-6-3-7-11-19/h2-16,24H,1H3/t24?,25-/m1/s1. The molecule has 0 radical (unpaired) electrons. The van der Waals surface area contributed by atoms with E-state index in [1.165, 1.54) is 0 Å². The molecule has 1 aromatic heterocycles. The molecule has 3 aromatic carbocycles. The van der Waals surface area contributed by atoms with Gasteiger partial charge in [-0.3, -0.25) is 4.79 Å². The number of epoxide rings is 1. The molecule has 1 aliphatic rings. The Morgan fingerprint density at radius 3 is 2.27 bits per heavy atom. The van der Waals surface area contributed by atoms with Gasteiger partial charge >= 0.3 is 0 Å². The minimum atomic E-state index is -1.22. The number of carbonyl (C=O) groups is 1. The van der Waals surface area contributed by atoms with Crippen LogP contribution in [0.15, 0.2) is 95.5 Å². The van der Waals surface area contributed by atoms with E-state index in [4.69, 9.17) is 14.0 Å². The molecule has 1 unspecified atom stereocenters. The van der Waals surface area contributed by atoms with Gasteiger partial charge in [0.2, 0.25) is 11.4 Å². The number of Topliss-reactive ketones (excluding diaryl/α,β-unsaturated/α-hetero) is 1. The zero-order valence-electron chi connectivity index (χ0n) is 16.3. The van der Waals surface area contributed by atoms with Gasteiger partial charge in [0.25, 0.3) is 0 Å². The van der Waals surface area contributed by atoms with Crippen molar-refractivity contribution in [2.24, 2.45) is 0 Å². The lowest BCUT2D eigenvalue weighted by Gasteiger charge is -2.09. The Labute approximate surface area is 173 Å². The first kappa shape index (κ1) is 18.3. The normalized spacial score (nSPS) is 20.0. The zero-order chi connectivity index (χ0) is 20.6. The summed E-state index contributed by atoms with van der Waals surface area (Å²) in [6.07, 6.45) is -0.428. The smallest absolute Gasteiger partial charge is 0.222 e. The third-order valence-electron chi connectivity index (χ3n) is 5.35. The number of benzene rings is 3. The molecular weight excluding hydrogens is 378 g/mol. The fraction of sp³-hybridized carbons (Fsp3) is 0.120. The molecule has 2 heterocycles. The summed E-state index contributed by atoms with van der Waals surface area (Å²) in [5.74, 6) is 1.01. The molecule has 148 valence electrons. The SMILES string of the molecule is COc1ccc(-c2cc([C@]3(C(=O)c4ccccc4)OC3c3ccccc3)on2)cc1. The lowest BCUT2D eigenvalue weighted by Crippen LogP contribution is -2.23. The van der Waals surface area contributed by atoms with E-state index < -0.39 is 11.7 Å². The van der Waals surface area contributed by atoms with E-state index >= 15 is 0 Å². The quantitative estimate of drug-likeness (QED) is 0.330. The molecule has 1 saturated heterocycles. The van der Waals surface area contributed by atoms with E-state index in [0.29, 0.717) is 17.0 Å². The summed E-state index contributed by atoms with van der Waals surface area (Å²) in [7, 11) is 1.62. The Bertz CT molecular complexity index is 1170.